The molecule has 0 aliphatic rings. The van der Waals surface area contributed by atoms with Crippen molar-refractivity contribution < 1.29 is 0 Å². The molecule has 0 saturated heterocycles. The summed E-state index contributed by atoms with van der Waals surface area (Å²) in [6.07, 6.45) is 1.74. The standard InChI is InChI=1S/C10H14ClN3S/c1-6(2)13-10(15)14-9-8(11)4-7(3)5-12-9/h4-6H,1-3H3,(H2,12,13,14,15). The second-order valence-electron chi connectivity index (χ2n) is 3.60. The van der Waals surface area contributed by atoms with Crippen molar-refractivity contribution in [2.24, 2.45) is 0 Å². The second kappa shape index (κ2) is 5.28. The van der Waals surface area contributed by atoms with Crippen molar-refractivity contribution in [3.8, 4) is 0 Å². The van der Waals surface area contributed by atoms with Crippen LogP contribution in [0.3, 0.4) is 0 Å². The summed E-state index contributed by atoms with van der Waals surface area (Å²) < 4.78 is 0. The van der Waals surface area contributed by atoms with E-state index in [-0.39, 0.29) is 6.04 Å². The molecule has 0 amide bonds. The molecule has 0 aliphatic heterocycles. The number of rotatable bonds is 2. The zero-order chi connectivity index (χ0) is 11.4. The van der Waals surface area contributed by atoms with Gasteiger partial charge in [-0.1, -0.05) is 11.6 Å². The van der Waals surface area contributed by atoms with Crippen molar-refractivity contribution in [2.75, 3.05) is 5.32 Å². The predicted octanol–water partition coefficient (Wildman–Crippen LogP) is 2.74. The third-order valence-electron chi connectivity index (χ3n) is 1.63. The van der Waals surface area contributed by atoms with Gasteiger partial charge in [0.05, 0.1) is 5.02 Å². The van der Waals surface area contributed by atoms with Gasteiger partial charge in [-0.2, -0.15) is 0 Å². The van der Waals surface area contributed by atoms with Crippen LogP contribution in [0.4, 0.5) is 5.82 Å². The molecule has 82 valence electrons. The van der Waals surface area contributed by atoms with Crippen LogP contribution >= 0.6 is 23.8 Å². The van der Waals surface area contributed by atoms with Crippen molar-refractivity contribution in [3.63, 3.8) is 0 Å². The van der Waals surface area contributed by atoms with Gasteiger partial charge in [0, 0.05) is 12.2 Å². The molecule has 1 aromatic heterocycles. The van der Waals surface area contributed by atoms with E-state index >= 15 is 0 Å². The number of halogens is 1. The van der Waals surface area contributed by atoms with Crippen LogP contribution in [0.25, 0.3) is 0 Å². The summed E-state index contributed by atoms with van der Waals surface area (Å²) in [5, 5.41) is 7.10. The number of nitrogens with zero attached hydrogens (tertiary/aromatic N) is 1. The molecular weight excluding hydrogens is 230 g/mol. The summed E-state index contributed by atoms with van der Waals surface area (Å²) in [5.41, 5.74) is 1.02. The second-order valence-corrected chi connectivity index (χ2v) is 4.41. The molecule has 0 aliphatic carbocycles. The van der Waals surface area contributed by atoms with E-state index in [4.69, 9.17) is 23.8 Å². The number of hydrogen-bond donors (Lipinski definition) is 2. The normalized spacial score (nSPS) is 10.2. The summed E-state index contributed by atoms with van der Waals surface area (Å²) in [5.74, 6) is 0.584. The Bertz CT molecular complexity index is 366. The first kappa shape index (κ1) is 12.2. The highest BCUT2D eigenvalue weighted by atomic mass is 35.5. The summed E-state index contributed by atoms with van der Waals surface area (Å²) in [7, 11) is 0. The fourth-order valence-corrected chi connectivity index (χ4v) is 1.63. The Morgan fingerprint density at radius 1 is 1.53 bits per heavy atom. The van der Waals surface area contributed by atoms with Crippen LogP contribution in [-0.4, -0.2) is 16.1 Å². The van der Waals surface area contributed by atoms with Crippen LogP contribution in [0.2, 0.25) is 5.02 Å². The molecule has 5 heteroatoms. The molecule has 0 unspecified atom stereocenters. The average Bonchev–Trinajstić information content (AvgIpc) is 2.08. The number of aromatic nitrogens is 1. The van der Waals surface area contributed by atoms with Crippen LogP contribution < -0.4 is 10.6 Å². The monoisotopic (exact) mass is 243 g/mol. The van der Waals surface area contributed by atoms with Crippen LogP contribution in [0, 0.1) is 6.92 Å². The molecule has 0 bridgehead atoms. The number of aryl methyl sites for hydroxylation is 1. The molecule has 3 nitrogen and oxygen atoms in total. The van der Waals surface area contributed by atoms with Gasteiger partial charge in [0.1, 0.15) is 0 Å². The van der Waals surface area contributed by atoms with Crippen LogP contribution in [0.15, 0.2) is 12.3 Å². The minimum Gasteiger partial charge on any atom is -0.360 e. The molecule has 0 saturated carbocycles. The predicted molar refractivity (Wildman–Crippen MR) is 68.5 cm³/mol. The Morgan fingerprint density at radius 3 is 2.73 bits per heavy atom. The molecule has 0 fully saturated rings. The van der Waals surface area contributed by atoms with Gasteiger partial charge in [0.15, 0.2) is 10.9 Å². The zero-order valence-corrected chi connectivity index (χ0v) is 10.5. The smallest absolute Gasteiger partial charge is 0.172 e. The Balaban J connectivity index is 2.68. The SMILES string of the molecule is Cc1cnc(NC(=S)NC(C)C)c(Cl)c1. The molecule has 1 aromatic rings. The summed E-state index contributed by atoms with van der Waals surface area (Å²) >= 11 is 11.1. The van der Waals surface area contributed by atoms with E-state index in [1.165, 1.54) is 0 Å². The molecule has 0 atom stereocenters. The lowest BCUT2D eigenvalue weighted by atomic mass is 10.3. The number of hydrogen-bond acceptors (Lipinski definition) is 2. The molecule has 0 aromatic carbocycles. The van der Waals surface area contributed by atoms with Crippen molar-refractivity contribution in [1.82, 2.24) is 10.3 Å². The van der Waals surface area contributed by atoms with Gasteiger partial charge >= 0.3 is 0 Å². The first-order valence-electron chi connectivity index (χ1n) is 4.68. The minimum atomic E-state index is 0.286. The molecule has 15 heavy (non-hydrogen) atoms. The molecule has 0 spiro atoms. The quantitative estimate of drug-likeness (QED) is 0.784. The fraction of sp³-hybridized carbons (Fsp3) is 0.400. The number of anilines is 1. The highest BCUT2D eigenvalue weighted by molar-refractivity contribution is 7.80. The lowest BCUT2D eigenvalue weighted by Crippen LogP contribution is -2.34. The third-order valence-corrected chi connectivity index (χ3v) is 2.14. The van der Waals surface area contributed by atoms with E-state index in [0.29, 0.717) is 16.0 Å². The van der Waals surface area contributed by atoms with Gasteiger partial charge in [-0.25, -0.2) is 4.98 Å². The van der Waals surface area contributed by atoms with Gasteiger partial charge in [-0.05, 0) is 44.6 Å². The fourth-order valence-electron chi connectivity index (χ4n) is 1.03. The maximum atomic E-state index is 6.00. The third kappa shape index (κ3) is 4.01. The Morgan fingerprint density at radius 2 is 2.20 bits per heavy atom. The van der Waals surface area contributed by atoms with E-state index in [9.17, 15) is 0 Å². The van der Waals surface area contributed by atoms with Crippen LogP contribution in [-0.2, 0) is 0 Å². The van der Waals surface area contributed by atoms with Gasteiger partial charge in [-0.15, -0.1) is 0 Å². The maximum Gasteiger partial charge on any atom is 0.172 e. The van der Waals surface area contributed by atoms with Crippen LogP contribution in [0.1, 0.15) is 19.4 Å². The van der Waals surface area contributed by atoms with Gasteiger partial charge in [0.2, 0.25) is 0 Å². The Hall–Kier alpha value is -0.870. The molecule has 1 rings (SSSR count). The number of thiocarbonyl (C=S) groups is 1. The number of nitrogens with one attached hydrogen (secondary N) is 2. The van der Waals surface area contributed by atoms with E-state index in [1.807, 2.05) is 26.8 Å². The van der Waals surface area contributed by atoms with Gasteiger partial charge in [0.25, 0.3) is 0 Å². The van der Waals surface area contributed by atoms with Crippen molar-refractivity contribution in [1.29, 1.82) is 0 Å². The van der Waals surface area contributed by atoms with E-state index in [1.54, 1.807) is 6.20 Å². The van der Waals surface area contributed by atoms with Crippen molar-refractivity contribution in [2.45, 2.75) is 26.8 Å². The van der Waals surface area contributed by atoms with Crippen molar-refractivity contribution >= 4 is 34.7 Å². The molecule has 1 heterocycles. The average molecular weight is 244 g/mol. The molecular formula is C10H14ClN3S. The minimum absolute atomic E-state index is 0.286. The summed E-state index contributed by atoms with van der Waals surface area (Å²) in [4.78, 5) is 4.15. The van der Waals surface area contributed by atoms with E-state index in [2.05, 4.69) is 15.6 Å². The highest BCUT2D eigenvalue weighted by Gasteiger charge is 2.04. The summed E-state index contributed by atoms with van der Waals surface area (Å²) in [6, 6.07) is 2.13. The van der Waals surface area contributed by atoms with Crippen LogP contribution in [0.5, 0.6) is 0 Å². The largest absolute Gasteiger partial charge is 0.360 e. The van der Waals surface area contributed by atoms with Gasteiger partial charge < -0.3 is 10.6 Å². The first-order chi connectivity index (χ1) is 6.99. The first-order valence-corrected chi connectivity index (χ1v) is 5.47. The Labute approximate surface area is 100 Å². The maximum absolute atomic E-state index is 6.00. The van der Waals surface area contributed by atoms with Crippen molar-refractivity contribution in [3.05, 3.63) is 22.8 Å². The number of pyridine rings is 1. The van der Waals surface area contributed by atoms with E-state index < -0.39 is 0 Å². The molecule has 2 N–H and O–H groups in total. The lowest BCUT2D eigenvalue weighted by Gasteiger charge is -2.13. The summed E-state index contributed by atoms with van der Waals surface area (Å²) in [6.45, 7) is 5.96. The highest BCUT2D eigenvalue weighted by Crippen LogP contribution is 2.19. The zero-order valence-electron chi connectivity index (χ0n) is 8.97. The topological polar surface area (TPSA) is 37.0 Å². The van der Waals surface area contributed by atoms with Gasteiger partial charge in [-0.3, -0.25) is 0 Å². The van der Waals surface area contributed by atoms with E-state index in [0.717, 1.165) is 5.56 Å². The lowest BCUT2D eigenvalue weighted by molar-refractivity contribution is 0.739. The molecule has 0 radical (unpaired) electrons. The Kier molecular flexibility index (Phi) is 4.29.